The zero-order valence-corrected chi connectivity index (χ0v) is 16.2. The topological polar surface area (TPSA) is 86.0 Å². The lowest BCUT2D eigenvalue weighted by Crippen LogP contribution is -2.59. The maximum Gasteiger partial charge on any atom is 0.256 e. The van der Waals surface area contributed by atoms with Gasteiger partial charge in [-0.3, -0.25) is 9.78 Å². The fourth-order valence-electron chi connectivity index (χ4n) is 4.41. The number of rotatable bonds is 4. The maximum atomic E-state index is 13.5. The molecular formula is C21H22N6O2. The highest BCUT2D eigenvalue weighted by atomic mass is 16.5. The lowest BCUT2D eigenvalue weighted by molar-refractivity contribution is -0.0315. The molecule has 29 heavy (non-hydrogen) atoms. The van der Waals surface area contributed by atoms with Crippen molar-refractivity contribution < 1.29 is 9.53 Å². The van der Waals surface area contributed by atoms with Gasteiger partial charge in [0.05, 0.1) is 47.8 Å². The maximum absolute atomic E-state index is 13.5. The monoisotopic (exact) mass is 390 g/mol. The highest BCUT2D eigenvalue weighted by Gasteiger charge is 2.44. The third kappa shape index (κ3) is 3.35. The van der Waals surface area contributed by atoms with E-state index in [2.05, 4.69) is 20.2 Å². The van der Waals surface area contributed by atoms with E-state index in [0.29, 0.717) is 23.0 Å². The van der Waals surface area contributed by atoms with Crippen molar-refractivity contribution in [1.82, 2.24) is 29.9 Å². The highest BCUT2D eigenvalue weighted by molar-refractivity contribution is 5.98. The summed E-state index contributed by atoms with van der Waals surface area (Å²) in [6, 6.07) is 7.49. The predicted molar refractivity (Wildman–Crippen MR) is 105 cm³/mol. The number of hydrogen-bond acceptors (Lipinski definition) is 6. The Hall–Kier alpha value is -3.29. The predicted octanol–water partition coefficient (Wildman–Crippen LogP) is 2.44. The molecule has 0 radical (unpaired) electrons. The largest absolute Gasteiger partial charge is 0.471 e. The molecule has 3 fully saturated rings. The molecule has 3 unspecified atom stereocenters. The molecule has 3 atom stereocenters. The molecule has 1 aromatic carbocycles. The van der Waals surface area contributed by atoms with Gasteiger partial charge in [-0.1, -0.05) is 12.1 Å². The Morgan fingerprint density at radius 2 is 1.93 bits per heavy atom. The van der Waals surface area contributed by atoms with E-state index in [1.54, 1.807) is 24.8 Å². The first-order valence-electron chi connectivity index (χ1n) is 9.91. The number of hydrogen-bond donors (Lipinski definition) is 0. The van der Waals surface area contributed by atoms with Crippen molar-refractivity contribution in [2.45, 2.75) is 38.3 Å². The van der Waals surface area contributed by atoms with Crippen LogP contribution in [0.5, 0.6) is 5.88 Å². The lowest BCUT2D eigenvalue weighted by Gasteiger charge is -2.49. The minimum absolute atomic E-state index is 0.00381. The second-order valence-electron chi connectivity index (χ2n) is 7.69. The zero-order valence-electron chi connectivity index (χ0n) is 16.2. The van der Waals surface area contributed by atoms with Crippen molar-refractivity contribution in [2.24, 2.45) is 5.92 Å². The average molecular weight is 390 g/mol. The number of nitrogens with zero attached hydrogens (tertiary/aromatic N) is 6. The summed E-state index contributed by atoms with van der Waals surface area (Å²) in [6.45, 7) is 2.65. The molecule has 1 amide bonds. The fourth-order valence-corrected chi connectivity index (χ4v) is 4.41. The van der Waals surface area contributed by atoms with Crippen LogP contribution in [0.15, 0.2) is 49.1 Å². The van der Waals surface area contributed by atoms with E-state index in [9.17, 15) is 4.79 Å². The molecule has 1 aliphatic carbocycles. The number of fused-ring (bicyclic) bond motifs is 3. The summed E-state index contributed by atoms with van der Waals surface area (Å²) in [5.41, 5.74) is 2.14. The SMILES string of the molecule is Cc1cnc(OC2CC3CCC2N(C(=O)c2ccccc2-n2nccn2)C3)cn1. The van der Waals surface area contributed by atoms with Crippen LogP contribution in [-0.4, -0.2) is 54.5 Å². The van der Waals surface area contributed by atoms with E-state index in [0.717, 1.165) is 31.5 Å². The van der Waals surface area contributed by atoms with E-state index >= 15 is 0 Å². The number of ether oxygens (including phenoxy) is 1. The number of aryl methyl sites for hydroxylation is 1. The van der Waals surface area contributed by atoms with Gasteiger partial charge in [0.1, 0.15) is 6.10 Å². The van der Waals surface area contributed by atoms with Crippen LogP contribution < -0.4 is 4.74 Å². The number of carbonyl (C=O) groups is 1. The molecule has 3 aliphatic rings. The summed E-state index contributed by atoms with van der Waals surface area (Å²) in [5, 5.41) is 8.39. The van der Waals surface area contributed by atoms with Crippen LogP contribution in [0.4, 0.5) is 0 Å². The Balaban J connectivity index is 1.41. The first-order valence-corrected chi connectivity index (χ1v) is 9.91. The standard InChI is InChI=1S/C21H22N6O2/c1-14-11-23-20(12-22-14)29-19-10-15-6-7-18(19)26(13-15)21(28)16-4-2-3-5-17(16)27-24-8-9-25-27/h2-5,8-9,11-12,15,18-19H,6-7,10,13H2,1H3. The average Bonchev–Trinajstić information content (AvgIpc) is 3.30. The first-order chi connectivity index (χ1) is 14.2. The van der Waals surface area contributed by atoms with Crippen molar-refractivity contribution in [3.05, 3.63) is 60.3 Å². The second kappa shape index (κ2) is 7.27. The normalized spacial score (nSPS) is 23.2. The Morgan fingerprint density at radius 1 is 1.10 bits per heavy atom. The van der Waals surface area contributed by atoms with Gasteiger partial charge in [0.25, 0.3) is 5.91 Å². The third-order valence-corrected chi connectivity index (χ3v) is 5.78. The van der Waals surface area contributed by atoms with E-state index < -0.39 is 0 Å². The molecule has 2 aromatic heterocycles. The fraction of sp³-hybridized carbons (Fsp3) is 0.381. The molecule has 0 spiro atoms. The van der Waals surface area contributed by atoms with Crippen LogP contribution >= 0.6 is 0 Å². The van der Waals surface area contributed by atoms with Crippen molar-refractivity contribution in [3.8, 4) is 11.6 Å². The lowest BCUT2D eigenvalue weighted by atomic mass is 9.77. The van der Waals surface area contributed by atoms with Crippen LogP contribution in [-0.2, 0) is 0 Å². The Kier molecular flexibility index (Phi) is 4.46. The van der Waals surface area contributed by atoms with Crippen LogP contribution in [0.1, 0.15) is 35.3 Å². The van der Waals surface area contributed by atoms with Crippen molar-refractivity contribution >= 4 is 5.91 Å². The van der Waals surface area contributed by atoms with Gasteiger partial charge in [-0.05, 0) is 44.2 Å². The second-order valence-corrected chi connectivity index (χ2v) is 7.69. The molecule has 4 heterocycles. The van der Waals surface area contributed by atoms with Gasteiger partial charge in [0.2, 0.25) is 5.88 Å². The Bertz CT molecular complexity index is 1000. The van der Waals surface area contributed by atoms with E-state index in [-0.39, 0.29) is 18.1 Å². The van der Waals surface area contributed by atoms with E-state index in [1.165, 1.54) is 4.80 Å². The van der Waals surface area contributed by atoms with Gasteiger partial charge in [0, 0.05) is 6.54 Å². The number of para-hydroxylation sites is 1. The van der Waals surface area contributed by atoms with E-state index in [1.807, 2.05) is 36.1 Å². The molecular weight excluding hydrogens is 368 g/mol. The van der Waals surface area contributed by atoms with Crippen molar-refractivity contribution in [2.75, 3.05) is 6.54 Å². The molecule has 0 N–H and O–H groups in total. The molecule has 2 aliphatic heterocycles. The van der Waals surface area contributed by atoms with Crippen LogP contribution in [0.3, 0.4) is 0 Å². The Labute approximate surface area is 168 Å². The minimum atomic E-state index is -0.0709. The van der Waals surface area contributed by atoms with Crippen LogP contribution in [0, 0.1) is 12.8 Å². The number of benzene rings is 1. The first kappa shape index (κ1) is 17.8. The molecule has 6 rings (SSSR count). The summed E-state index contributed by atoms with van der Waals surface area (Å²) in [5.74, 6) is 0.944. The molecule has 8 nitrogen and oxygen atoms in total. The summed E-state index contributed by atoms with van der Waals surface area (Å²) in [7, 11) is 0. The number of carbonyl (C=O) groups excluding carboxylic acids is 1. The third-order valence-electron chi connectivity index (χ3n) is 5.78. The number of amides is 1. The quantitative estimate of drug-likeness (QED) is 0.680. The summed E-state index contributed by atoms with van der Waals surface area (Å²) < 4.78 is 6.17. The van der Waals surface area contributed by atoms with Gasteiger partial charge in [-0.2, -0.15) is 15.0 Å². The van der Waals surface area contributed by atoms with Crippen LogP contribution in [0.25, 0.3) is 5.69 Å². The molecule has 3 aromatic rings. The molecule has 1 saturated carbocycles. The zero-order chi connectivity index (χ0) is 19.8. The summed E-state index contributed by atoms with van der Waals surface area (Å²) in [6.07, 6.45) is 9.49. The van der Waals surface area contributed by atoms with Gasteiger partial charge in [0.15, 0.2) is 0 Å². The van der Waals surface area contributed by atoms with E-state index in [4.69, 9.17) is 4.74 Å². The minimum Gasteiger partial charge on any atom is -0.471 e. The van der Waals surface area contributed by atoms with Crippen LogP contribution in [0.2, 0.25) is 0 Å². The molecule has 148 valence electrons. The van der Waals surface area contributed by atoms with Gasteiger partial charge < -0.3 is 9.64 Å². The van der Waals surface area contributed by atoms with Gasteiger partial charge in [-0.25, -0.2) is 4.98 Å². The summed E-state index contributed by atoms with van der Waals surface area (Å²) in [4.78, 5) is 25.6. The smallest absolute Gasteiger partial charge is 0.256 e. The van der Waals surface area contributed by atoms with Crippen molar-refractivity contribution in [3.63, 3.8) is 0 Å². The number of piperidine rings is 2. The Morgan fingerprint density at radius 3 is 2.69 bits per heavy atom. The molecule has 8 heteroatoms. The highest BCUT2D eigenvalue weighted by Crippen LogP contribution is 2.38. The molecule has 2 saturated heterocycles. The van der Waals surface area contributed by atoms with Gasteiger partial charge in [-0.15, -0.1) is 0 Å². The van der Waals surface area contributed by atoms with Gasteiger partial charge >= 0.3 is 0 Å². The van der Waals surface area contributed by atoms with Crippen molar-refractivity contribution in [1.29, 1.82) is 0 Å². The number of aromatic nitrogens is 5. The summed E-state index contributed by atoms with van der Waals surface area (Å²) >= 11 is 0. The molecule has 2 bridgehead atoms.